The number of morpholine rings is 1. The Morgan fingerprint density at radius 1 is 1.11 bits per heavy atom. The van der Waals surface area contributed by atoms with Crippen molar-refractivity contribution in [2.24, 2.45) is 5.92 Å². The maximum atomic E-state index is 14.0. The van der Waals surface area contributed by atoms with Gasteiger partial charge in [-0.15, -0.1) is 0 Å². The highest BCUT2D eigenvalue weighted by molar-refractivity contribution is 5.78. The highest BCUT2D eigenvalue weighted by Gasteiger charge is 2.25. The summed E-state index contributed by atoms with van der Waals surface area (Å²) in [7, 11) is 2.01. The van der Waals surface area contributed by atoms with Crippen molar-refractivity contribution in [2.45, 2.75) is 38.2 Å². The lowest BCUT2D eigenvalue weighted by atomic mass is 9.85. The standard InChI is InChI=1S/C26H32F2N8O/c1-34(11-10-29)19-8-6-18(7-9-19)17-30-26-32-22(35-12-14-37-15-13-35)16-23(33-26)36-21-5-3-2-4-20(21)31-25(36)24(27)28/h2-5,16,18-19,24H,6-9,11-15,17H2,1H3,(H,30,32,33)/t18-,19-. The number of halogens is 2. The van der Waals surface area contributed by atoms with Crippen LogP contribution in [0.1, 0.15) is 37.9 Å². The van der Waals surface area contributed by atoms with Gasteiger partial charge in [0.1, 0.15) is 11.6 Å². The van der Waals surface area contributed by atoms with Crippen molar-refractivity contribution in [3.05, 3.63) is 36.2 Å². The van der Waals surface area contributed by atoms with Gasteiger partial charge in [-0.1, -0.05) is 12.1 Å². The zero-order valence-electron chi connectivity index (χ0n) is 21.0. The van der Waals surface area contributed by atoms with E-state index in [1.54, 1.807) is 24.3 Å². The maximum absolute atomic E-state index is 14.0. The molecule has 1 aliphatic carbocycles. The summed E-state index contributed by atoms with van der Waals surface area (Å²) in [5.74, 6) is 1.58. The largest absolute Gasteiger partial charge is 0.378 e. The summed E-state index contributed by atoms with van der Waals surface area (Å²) in [4.78, 5) is 17.8. The van der Waals surface area contributed by atoms with Gasteiger partial charge in [-0.25, -0.2) is 13.8 Å². The lowest BCUT2D eigenvalue weighted by Crippen LogP contribution is -2.37. The van der Waals surface area contributed by atoms with Crippen molar-refractivity contribution >= 4 is 22.8 Å². The number of imidazole rings is 1. The van der Waals surface area contributed by atoms with Crippen molar-refractivity contribution in [1.29, 1.82) is 5.26 Å². The number of nitrogens with one attached hydrogen (secondary N) is 1. The first-order valence-corrected chi connectivity index (χ1v) is 12.8. The fourth-order valence-electron chi connectivity index (χ4n) is 5.27. The van der Waals surface area contributed by atoms with Crippen LogP contribution in [0, 0.1) is 17.2 Å². The van der Waals surface area contributed by atoms with E-state index in [4.69, 9.17) is 15.0 Å². The topological polar surface area (TPSA) is 95.1 Å². The van der Waals surface area contributed by atoms with Gasteiger partial charge in [0.25, 0.3) is 6.43 Å². The molecule has 0 bridgehead atoms. The Labute approximate surface area is 215 Å². The Hall–Kier alpha value is -3.36. The molecule has 37 heavy (non-hydrogen) atoms. The van der Waals surface area contributed by atoms with Crippen LogP contribution < -0.4 is 10.2 Å². The van der Waals surface area contributed by atoms with Crippen molar-refractivity contribution in [1.82, 2.24) is 24.4 Å². The van der Waals surface area contributed by atoms with E-state index in [2.05, 4.69) is 31.2 Å². The van der Waals surface area contributed by atoms with Crippen molar-refractivity contribution in [3.63, 3.8) is 0 Å². The molecule has 0 radical (unpaired) electrons. The summed E-state index contributed by atoms with van der Waals surface area (Å²) >= 11 is 0. The molecule has 0 atom stereocenters. The van der Waals surface area contributed by atoms with Gasteiger partial charge in [0.05, 0.1) is 36.9 Å². The number of hydrogen-bond donors (Lipinski definition) is 1. The Bertz CT molecular complexity index is 1250. The van der Waals surface area contributed by atoms with Crippen LogP contribution in [0.4, 0.5) is 20.5 Å². The summed E-state index contributed by atoms with van der Waals surface area (Å²) in [6.45, 7) is 3.66. The Morgan fingerprint density at radius 3 is 2.57 bits per heavy atom. The second-order valence-electron chi connectivity index (χ2n) is 9.73. The molecule has 3 heterocycles. The number of ether oxygens (including phenoxy) is 1. The molecular formula is C26H32F2N8O. The number of hydrogen-bond acceptors (Lipinski definition) is 8. The summed E-state index contributed by atoms with van der Waals surface area (Å²) in [5, 5.41) is 12.4. The van der Waals surface area contributed by atoms with Gasteiger partial charge in [0.15, 0.2) is 5.82 Å². The van der Waals surface area contributed by atoms with E-state index in [0.717, 1.165) is 25.7 Å². The van der Waals surface area contributed by atoms with Crippen molar-refractivity contribution < 1.29 is 13.5 Å². The maximum Gasteiger partial charge on any atom is 0.296 e. The van der Waals surface area contributed by atoms with Crippen molar-refractivity contribution in [2.75, 3.05) is 56.7 Å². The molecule has 0 spiro atoms. The molecule has 2 fully saturated rings. The number of para-hydroxylation sites is 2. The molecular weight excluding hydrogens is 478 g/mol. The van der Waals surface area contributed by atoms with E-state index in [1.807, 2.05) is 13.1 Å². The molecule has 1 aliphatic heterocycles. The smallest absolute Gasteiger partial charge is 0.296 e. The third-order valence-electron chi connectivity index (χ3n) is 7.35. The SMILES string of the molecule is CN(CC#N)[C@H]1CC[C@H](CNc2nc(N3CCOCC3)cc(-n3c(C(F)F)nc4ccccc43)n2)CC1. The lowest BCUT2D eigenvalue weighted by molar-refractivity contribution is 0.122. The minimum atomic E-state index is -2.75. The van der Waals surface area contributed by atoms with Crippen LogP contribution in [-0.2, 0) is 4.74 Å². The average molecular weight is 511 g/mol. The van der Waals surface area contributed by atoms with E-state index in [-0.39, 0.29) is 5.82 Å². The number of nitriles is 1. The minimum absolute atomic E-state index is 0.335. The van der Waals surface area contributed by atoms with E-state index in [1.165, 1.54) is 4.57 Å². The van der Waals surface area contributed by atoms with Crippen LogP contribution in [0.2, 0.25) is 0 Å². The van der Waals surface area contributed by atoms with Gasteiger partial charge in [-0.05, 0) is 50.8 Å². The monoisotopic (exact) mass is 510 g/mol. The quantitative estimate of drug-likeness (QED) is 0.454. The predicted octanol–water partition coefficient (Wildman–Crippen LogP) is 4.02. The van der Waals surface area contributed by atoms with Crippen LogP contribution in [0.15, 0.2) is 30.3 Å². The Morgan fingerprint density at radius 2 is 1.84 bits per heavy atom. The summed E-state index contributed by atoms with van der Waals surface area (Å²) < 4.78 is 35.0. The highest BCUT2D eigenvalue weighted by Crippen LogP contribution is 2.30. The number of anilines is 2. The van der Waals surface area contributed by atoms with Crippen LogP contribution in [-0.4, -0.2) is 76.9 Å². The molecule has 11 heteroatoms. The van der Waals surface area contributed by atoms with E-state index < -0.39 is 6.43 Å². The molecule has 0 unspecified atom stereocenters. The normalized spacial score (nSPS) is 20.5. The molecule has 5 rings (SSSR count). The van der Waals surface area contributed by atoms with E-state index in [0.29, 0.717) is 80.0 Å². The van der Waals surface area contributed by atoms with Gasteiger partial charge in [0, 0.05) is 31.7 Å². The second-order valence-corrected chi connectivity index (χ2v) is 9.73. The number of benzene rings is 1. The molecule has 1 N–H and O–H groups in total. The summed E-state index contributed by atoms with van der Waals surface area (Å²) in [5.41, 5.74) is 1.08. The second kappa shape index (κ2) is 11.4. The van der Waals surface area contributed by atoms with Crippen LogP contribution >= 0.6 is 0 Å². The molecule has 2 aliphatic rings. The predicted molar refractivity (Wildman–Crippen MR) is 137 cm³/mol. The molecule has 1 aromatic carbocycles. The molecule has 3 aromatic rings. The molecule has 9 nitrogen and oxygen atoms in total. The number of aromatic nitrogens is 4. The molecule has 0 amide bonds. The van der Waals surface area contributed by atoms with Crippen LogP contribution in [0.3, 0.4) is 0 Å². The van der Waals surface area contributed by atoms with Gasteiger partial charge in [-0.3, -0.25) is 9.47 Å². The van der Waals surface area contributed by atoms with Gasteiger partial charge < -0.3 is 15.0 Å². The fraction of sp³-hybridized carbons (Fsp3) is 0.538. The van der Waals surface area contributed by atoms with Crippen molar-refractivity contribution in [3.8, 4) is 11.9 Å². The molecule has 1 saturated heterocycles. The first kappa shape index (κ1) is 25.3. The first-order valence-electron chi connectivity index (χ1n) is 12.8. The zero-order chi connectivity index (χ0) is 25.8. The van der Waals surface area contributed by atoms with Crippen LogP contribution in [0.5, 0.6) is 0 Å². The Kier molecular flexibility index (Phi) is 7.76. The zero-order valence-corrected chi connectivity index (χ0v) is 21.0. The number of fused-ring (bicyclic) bond motifs is 1. The molecule has 1 saturated carbocycles. The minimum Gasteiger partial charge on any atom is -0.378 e. The average Bonchev–Trinajstić information content (AvgIpc) is 3.33. The number of nitrogens with zero attached hydrogens (tertiary/aromatic N) is 7. The third-order valence-corrected chi connectivity index (χ3v) is 7.35. The van der Waals surface area contributed by atoms with E-state index in [9.17, 15) is 8.78 Å². The lowest BCUT2D eigenvalue weighted by Gasteiger charge is -2.33. The highest BCUT2D eigenvalue weighted by atomic mass is 19.3. The molecule has 196 valence electrons. The third kappa shape index (κ3) is 5.65. The fourth-order valence-corrected chi connectivity index (χ4v) is 5.27. The first-order chi connectivity index (χ1) is 18.0. The molecule has 2 aromatic heterocycles. The number of alkyl halides is 2. The van der Waals surface area contributed by atoms with Gasteiger partial charge in [0.2, 0.25) is 5.95 Å². The van der Waals surface area contributed by atoms with Gasteiger partial charge in [-0.2, -0.15) is 15.2 Å². The van der Waals surface area contributed by atoms with E-state index >= 15 is 0 Å². The summed E-state index contributed by atoms with van der Waals surface area (Å²) in [6, 6.07) is 11.5. The van der Waals surface area contributed by atoms with Crippen LogP contribution in [0.25, 0.3) is 16.9 Å². The Balaban J connectivity index is 1.41. The summed E-state index contributed by atoms with van der Waals surface area (Å²) in [6.07, 6.45) is 1.43. The number of rotatable bonds is 8. The van der Waals surface area contributed by atoms with Gasteiger partial charge >= 0.3 is 0 Å².